The van der Waals surface area contributed by atoms with Gasteiger partial charge in [-0.05, 0) is 55.3 Å². The minimum Gasteiger partial charge on any atom is -0.488 e. The molecule has 1 heterocycles. The number of rotatable bonds is 7. The van der Waals surface area contributed by atoms with Crippen LogP contribution in [0.5, 0.6) is 5.75 Å². The summed E-state index contributed by atoms with van der Waals surface area (Å²) in [4.78, 5) is 15.3. The van der Waals surface area contributed by atoms with Crippen LogP contribution in [0.15, 0.2) is 42.5 Å². The molecule has 2 aromatic carbocycles. The normalized spacial score (nSPS) is 19.2. The van der Waals surface area contributed by atoms with Crippen LogP contribution in [0.2, 0.25) is 5.02 Å². The van der Waals surface area contributed by atoms with Crippen LogP contribution in [0, 0.1) is 13.8 Å². The van der Waals surface area contributed by atoms with Gasteiger partial charge in [0.05, 0.1) is 0 Å². The van der Waals surface area contributed by atoms with E-state index in [9.17, 15) is 4.79 Å². The molecule has 0 unspecified atom stereocenters. The molecule has 3 rings (SSSR count). The maximum absolute atomic E-state index is 12.4. The monoisotopic (exact) mass is 403 g/mol. The first-order valence-corrected chi connectivity index (χ1v) is 10.3. The Hall–Kier alpha value is -2.08. The summed E-state index contributed by atoms with van der Waals surface area (Å²) in [5, 5.41) is 3.79. The van der Waals surface area contributed by atoms with Gasteiger partial charge in [0.1, 0.15) is 45.1 Å². The van der Waals surface area contributed by atoms with Gasteiger partial charge in [-0.1, -0.05) is 23.7 Å². The standard InChI is InChI=1S/C22H28ClN3O2/c1-17-3-4-18(2)21(15-17)24-22(27)16-26-11-9-25(10-12-26)13-14-28-20-7-5-19(23)6-8-20/h3-8,15H,9-14,16H2,1-2H3,(H,24,27)/p+2. The number of anilines is 1. The van der Waals surface area contributed by atoms with Gasteiger partial charge >= 0.3 is 0 Å². The van der Waals surface area contributed by atoms with Crippen LogP contribution < -0.4 is 19.9 Å². The van der Waals surface area contributed by atoms with E-state index in [-0.39, 0.29) is 5.91 Å². The van der Waals surface area contributed by atoms with Crippen molar-refractivity contribution in [1.29, 1.82) is 0 Å². The average Bonchev–Trinajstić information content (AvgIpc) is 2.68. The van der Waals surface area contributed by atoms with E-state index in [0.29, 0.717) is 13.2 Å². The molecule has 3 N–H and O–H groups in total. The van der Waals surface area contributed by atoms with Crippen molar-refractivity contribution in [3.63, 3.8) is 0 Å². The summed E-state index contributed by atoms with van der Waals surface area (Å²) in [5.41, 5.74) is 3.18. The molecule has 1 aliphatic rings. The van der Waals surface area contributed by atoms with Crippen molar-refractivity contribution in [2.24, 2.45) is 0 Å². The van der Waals surface area contributed by atoms with Crippen molar-refractivity contribution in [3.8, 4) is 5.75 Å². The Morgan fingerprint density at radius 2 is 1.71 bits per heavy atom. The number of carbonyl (C=O) groups excluding carboxylic acids is 1. The number of aryl methyl sites for hydroxylation is 2. The van der Waals surface area contributed by atoms with Crippen LogP contribution in [0.4, 0.5) is 5.69 Å². The Morgan fingerprint density at radius 1 is 1.04 bits per heavy atom. The smallest absolute Gasteiger partial charge is 0.279 e. The number of amides is 1. The van der Waals surface area contributed by atoms with Gasteiger partial charge in [0, 0.05) is 10.7 Å². The molecule has 0 radical (unpaired) electrons. The maximum atomic E-state index is 12.4. The van der Waals surface area contributed by atoms with Gasteiger partial charge < -0.3 is 19.9 Å². The zero-order valence-corrected chi connectivity index (χ0v) is 17.4. The van der Waals surface area contributed by atoms with E-state index in [4.69, 9.17) is 16.3 Å². The summed E-state index contributed by atoms with van der Waals surface area (Å²) < 4.78 is 5.79. The number of ether oxygens (including phenoxy) is 1. The summed E-state index contributed by atoms with van der Waals surface area (Å²) >= 11 is 5.89. The van der Waals surface area contributed by atoms with Gasteiger partial charge in [0.2, 0.25) is 0 Å². The largest absolute Gasteiger partial charge is 0.488 e. The van der Waals surface area contributed by atoms with E-state index in [2.05, 4.69) is 11.4 Å². The van der Waals surface area contributed by atoms with E-state index in [1.807, 2.05) is 50.2 Å². The molecule has 0 bridgehead atoms. The van der Waals surface area contributed by atoms with E-state index < -0.39 is 0 Å². The fourth-order valence-electron chi connectivity index (χ4n) is 3.52. The number of quaternary nitrogens is 2. The molecule has 0 saturated carbocycles. The third kappa shape index (κ3) is 6.23. The summed E-state index contributed by atoms with van der Waals surface area (Å²) in [6.07, 6.45) is 0. The van der Waals surface area contributed by atoms with Crippen molar-refractivity contribution in [2.75, 3.05) is 51.2 Å². The molecule has 0 atom stereocenters. The zero-order valence-electron chi connectivity index (χ0n) is 16.7. The SMILES string of the molecule is Cc1ccc(C)c(NC(=O)C[NH+]2CC[NH+](CCOc3ccc(Cl)cc3)CC2)c1. The number of hydrogen-bond donors (Lipinski definition) is 3. The lowest BCUT2D eigenvalue weighted by atomic mass is 10.1. The Labute approximate surface area is 172 Å². The maximum Gasteiger partial charge on any atom is 0.279 e. The third-order valence-corrected chi connectivity index (χ3v) is 5.53. The second kappa shape index (κ2) is 9.92. The van der Waals surface area contributed by atoms with Crippen LogP contribution in [-0.4, -0.2) is 51.8 Å². The lowest BCUT2D eigenvalue weighted by molar-refractivity contribution is -1.01. The van der Waals surface area contributed by atoms with Crippen molar-refractivity contribution < 1.29 is 19.3 Å². The first kappa shape index (κ1) is 20.6. The molecular weight excluding hydrogens is 374 g/mol. The number of halogens is 1. The molecule has 2 aromatic rings. The van der Waals surface area contributed by atoms with Gasteiger partial charge in [0.15, 0.2) is 6.54 Å². The van der Waals surface area contributed by atoms with Crippen molar-refractivity contribution in [2.45, 2.75) is 13.8 Å². The number of hydrogen-bond acceptors (Lipinski definition) is 2. The van der Waals surface area contributed by atoms with Crippen LogP contribution in [-0.2, 0) is 4.79 Å². The number of carbonyl (C=O) groups is 1. The highest BCUT2D eigenvalue weighted by Gasteiger charge is 2.24. The topological polar surface area (TPSA) is 47.2 Å². The molecule has 1 saturated heterocycles. The molecule has 1 amide bonds. The Bertz CT molecular complexity index is 787. The zero-order chi connectivity index (χ0) is 19.9. The van der Waals surface area contributed by atoms with Gasteiger partial charge in [-0.3, -0.25) is 4.79 Å². The van der Waals surface area contributed by atoms with Crippen LogP contribution in [0.25, 0.3) is 0 Å². The molecule has 28 heavy (non-hydrogen) atoms. The highest BCUT2D eigenvalue weighted by molar-refractivity contribution is 6.30. The minimum atomic E-state index is 0.0956. The van der Waals surface area contributed by atoms with Crippen LogP contribution in [0.1, 0.15) is 11.1 Å². The first-order valence-electron chi connectivity index (χ1n) is 9.92. The van der Waals surface area contributed by atoms with Gasteiger partial charge in [-0.25, -0.2) is 0 Å². The van der Waals surface area contributed by atoms with Crippen LogP contribution >= 0.6 is 11.6 Å². The molecule has 1 aliphatic heterocycles. The van der Waals surface area contributed by atoms with E-state index in [1.165, 1.54) is 9.80 Å². The lowest BCUT2D eigenvalue weighted by Gasteiger charge is -2.29. The molecule has 6 heteroatoms. The Morgan fingerprint density at radius 3 is 2.43 bits per heavy atom. The fourth-order valence-corrected chi connectivity index (χ4v) is 3.65. The summed E-state index contributed by atoms with van der Waals surface area (Å²) in [6.45, 7) is 10.4. The Balaban J connectivity index is 1.36. The van der Waals surface area contributed by atoms with Crippen molar-refractivity contribution in [3.05, 3.63) is 58.6 Å². The summed E-state index contributed by atoms with van der Waals surface area (Å²) in [6, 6.07) is 13.6. The van der Waals surface area contributed by atoms with E-state index in [1.54, 1.807) is 0 Å². The van der Waals surface area contributed by atoms with Crippen molar-refractivity contribution in [1.82, 2.24) is 0 Å². The molecule has 0 spiro atoms. The second-order valence-corrected chi connectivity index (χ2v) is 8.03. The van der Waals surface area contributed by atoms with Crippen LogP contribution in [0.3, 0.4) is 0 Å². The molecule has 0 aliphatic carbocycles. The summed E-state index contributed by atoms with van der Waals surface area (Å²) in [5.74, 6) is 0.953. The van der Waals surface area contributed by atoms with E-state index >= 15 is 0 Å². The predicted octanol–water partition coefficient (Wildman–Crippen LogP) is 0.758. The molecule has 1 fully saturated rings. The summed E-state index contributed by atoms with van der Waals surface area (Å²) in [7, 11) is 0. The average molecular weight is 404 g/mol. The molecule has 150 valence electrons. The second-order valence-electron chi connectivity index (χ2n) is 7.60. The third-order valence-electron chi connectivity index (χ3n) is 5.28. The molecule has 0 aromatic heterocycles. The number of piperazine rings is 1. The lowest BCUT2D eigenvalue weighted by Crippen LogP contribution is -3.28. The van der Waals surface area contributed by atoms with E-state index in [0.717, 1.165) is 60.3 Å². The first-order chi connectivity index (χ1) is 13.5. The predicted molar refractivity (Wildman–Crippen MR) is 113 cm³/mol. The molecular formula is C22H30ClN3O2+2. The highest BCUT2D eigenvalue weighted by Crippen LogP contribution is 2.16. The fraction of sp³-hybridized carbons (Fsp3) is 0.409. The van der Waals surface area contributed by atoms with Gasteiger partial charge in [-0.2, -0.15) is 0 Å². The highest BCUT2D eigenvalue weighted by atomic mass is 35.5. The Kier molecular flexibility index (Phi) is 7.31. The number of benzene rings is 2. The van der Waals surface area contributed by atoms with Gasteiger partial charge in [0.25, 0.3) is 5.91 Å². The van der Waals surface area contributed by atoms with Gasteiger partial charge in [-0.15, -0.1) is 0 Å². The van der Waals surface area contributed by atoms with Crippen molar-refractivity contribution >= 4 is 23.2 Å². The number of nitrogens with one attached hydrogen (secondary N) is 3. The molecule has 5 nitrogen and oxygen atoms in total. The minimum absolute atomic E-state index is 0.0956. The quantitative estimate of drug-likeness (QED) is 0.639.